The highest BCUT2D eigenvalue weighted by atomic mass is 79.9. The first-order chi connectivity index (χ1) is 15.2. The Morgan fingerprint density at radius 3 is 2.44 bits per heavy atom. The molecule has 0 bridgehead atoms. The molecule has 2 aromatic carbocycles. The molecule has 2 aromatic rings. The molecule has 174 valence electrons. The van der Waals surface area contributed by atoms with Crippen LogP contribution in [0, 0.1) is 5.82 Å². The molecule has 0 fully saturated rings. The summed E-state index contributed by atoms with van der Waals surface area (Å²) >= 11 is 3.30. The van der Waals surface area contributed by atoms with E-state index in [1.54, 1.807) is 12.1 Å². The van der Waals surface area contributed by atoms with Crippen molar-refractivity contribution in [3.8, 4) is 5.75 Å². The number of carbonyl (C=O) groups excluding carboxylic acids is 1. The fourth-order valence-electron chi connectivity index (χ4n) is 3.27. The second-order valence-electron chi connectivity index (χ2n) is 6.94. The Morgan fingerprint density at radius 1 is 1.16 bits per heavy atom. The summed E-state index contributed by atoms with van der Waals surface area (Å²) in [4.78, 5) is 14.5. The van der Waals surface area contributed by atoms with Gasteiger partial charge in [-0.3, -0.25) is 0 Å². The number of rotatable bonds is 10. The number of sulfone groups is 1. The average molecular weight is 528 g/mol. The molecule has 0 N–H and O–H groups in total. The predicted octanol–water partition coefficient (Wildman–Crippen LogP) is 4.71. The summed E-state index contributed by atoms with van der Waals surface area (Å²) in [6.45, 7) is 6.36. The molecule has 6 nitrogen and oxygen atoms in total. The van der Waals surface area contributed by atoms with Crippen LogP contribution in [0.4, 0.5) is 4.39 Å². The maximum absolute atomic E-state index is 13.9. The number of hydrogen-bond donors (Lipinski definition) is 0. The van der Waals surface area contributed by atoms with Gasteiger partial charge in [0.2, 0.25) is 0 Å². The Hall–Kier alpha value is -2.23. The van der Waals surface area contributed by atoms with Gasteiger partial charge in [0.1, 0.15) is 17.1 Å². The van der Waals surface area contributed by atoms with E-state index in [-0.39, 0.29) is 27.3 Å². The molecule has 0 atom stereocenters. The van der Waals surface area contributed by atoms with Gasteiger partial charge in [0.25, 0.3) is 0 Å². The lowest BCUT2D eigenvalue weighted by Crippen LogP contribution is -2.22. The molecule has 0 saturated heterocycles. The quantitative estimate of drug-likeness (QED) is 0.329. The molecule has 0 radical (unpaired) electrons. The van der Waals surface area contributed by atoms with E-state index in [1.807, 2.05) is 19.9 Å². The third kappa shape index (κ3) is 6.17. The van der Waals surface area contributed by atoms with E-state index in [9.17, 15) is 17.6 Å². The standard InChI is InChI=1S/C23H27BrFNO5S/c1-5-26(6-2)13-7-8-16-14-18(25)10-12-20(16)32(28,29)15-17-9-11-19(24)22(30-3)21(17)23(27)31-4/h7-12,14H,5-6,13,15H2,1-4H3. The van der Waals surface area contributed by atoms with Gasteiger partial charge in [0.05, 0.1) is 29.3 Å². The van der Waals surface area contributed by atoms with E-state index < -0.39 is 27.4 Å². The second-order valence-corrected chi connectivity index (χ2v) is 9.75. The number of nitrogens with zero attached hydrogens (tertiary/aromatic N) is 1. The van der Waals surface area contributed by atoms with Gasteiger partial charge in [-0.25, -0.2) is 17.6 Å². The van der Waals surface area contributed by atoms with E-state index in [1.165, 1.54) is 32.4 Å². The maximum Gasteiger partial charge on any atom is 0.342 e. The fraction of sp³-hybridized carbons (Fsp3) is 0.348. The van der Waals surface area contributed by atoms with Crippen LogP contribution in [0.25, 0.3) is 6.08 Å². The van der Waals surface area contributed by atoms with Gasteiger partial charge >= 0.3 is 5.97 Å². The molecule has 0 aliphatic heterocycles. The van der Waals surface area contributed by atoms with Gasteiger partial charge in [-0.15, -0.1) is 0 Å². The summed E-state index contributed by atoms with van der Waals surface area (Å²) in [5.41, 5.74) is 0.494. The summed E-state index contributed by atoms with van der Waals surface area (Å²) in [5.74, 6) is -1.55. The normalized spacial score (nSPS) is 11.8. The molecule has 0 spiro atoms. The van der Waals surface area contributed by atoms with Gasteiger partial charge in [-0.05, 0) is 64.4 Å². The number of likely N-dealkylation sites (N-methyl/N-ethyl adjacent to an activating group) is 1. The highest BCUT2D eigenvalue weighted by Crippen LogP contribution is 2.34. The first-order valence-corrected chi connectivity index (χ1v) is 12.5. The zero-order valence-electron chi connectivity index (χ0n) is 18.5. The monoisotopic (exact) mass is 527 g/mol. The van der Waals surface area contributed by atoms with Crippen molar-refractivity contribution in [1.29, 1.82) is 0 Å². The summed E-state index contributed by atoms with van der Waals surface area (Å²) in [6, 6.07) is 6.67. The number of ether oxygens (including phenoxy) is 2. The van der Waals surface area contributed by atoms with Crippen molar-refractivity contribution in [3.05, 3.63) is 63.4 Å². The van der Waals surface area contributed by atoms with Crippen LogP contribution >= 0.6 is 15.9 Å². The number of hydrogen-bond acceptors (Lipinski definition) is 6. The van der Waals surface area contributed by atoms with Crippen molar-refractivity contribution >= 4 is 37.8 Å². The van der Waals surface area contributed by atoms with E-state index in [2.05, 4.69) is 20.8 Å². The van der Waals surface area contributed by atoms with Crippen molar-refractivity contribution in [3.63, 3.8) is 0 Å². The number of benzene rings is 2. The van der Waals surface area contributed by atoms with E-state index in [0.29, 0.717) is 11.0 Å². The Kier molecular flexibility index (Phi) is 9.42. The van der Waals surface area contributed by atoms with E-state index >= 15 is 0 Å². The first kappa shape index (κ1) is 26.0. The maximum atomic E-state index is 13.9. The third-order valence-corrected chi connectivity index (χ3v) is 7.35. The van der Waals surface area contributed by atoms with Crippen LogP contribution in [0.3, 0.4) is 0 Å². The number of methoxy groups -OCH3 is 2. The smallest absolute Gasteiger partial charge is 0.342 e. The highest BCUT2D eigenvalue weighted by Gasteiger charge is 2.26. The van der Waals surface area contributed by atoms with Crippen molar-refractivity contribution in [2.45, 2.75) is 24.5 Å². The molecule has 0 aliphatic rings. The van der Waals surface area contributed by atoms with Crippen molar-refractivity contribution in [2.75, 3.05) is 33.9 Å². The van der Waals surface area contributed by atoms with Gasteiger partial charge in [0.15, 0.2) is 9.84 Å². The number of carbonyl (C=O) groups is 1. The lowest BCUT2D eigenvalue weighted by atomic mass is 10.1. The summed E-state index contributed by atoms with van der Waals surface area (Å²) in [6.07, 6.45) is 3.42. The van der Waals surface area contributed by atoms with Gasteiger partial charge in [-0.2, -0.15) is 0 Å². The molecular formula is C23H27BrFNO5S. The molecule has 0 saturated carbocycles. The van der Waals surface area contributed by atoms with Crippen molar-refractivity contribution in [2.24, 2.45) is 0 Å². The van der Waals surface area contributed by atoms with E-state index in [0.717, 1.165) is 19.2 Å². The highest BCUT2D eigenvalue weighted by molar-refractivity contribution is 9.10. The summed E-state index contributed by atoms with van der Waals surface area (Å²) < 4.78 is 51.2. The van der Waals surface area contributed by atoms with Crippen LogP contribution in [0.1, 0.15) is 35.3 Å². The molecule has 0 aliphatic carbocycles. The SMILES string of the molecule is CCN(CC)CC=Cc1cc(F)ccc1S(=O)(=O)Cc1ccc(Br)c(OC)c1C(=O)OC. The van der Waals surface area contributed by atoms with Crippen LogP contribution in [0.15, 0.2) is 45.8 Å². The molecule has 2 rings (SSSR count). The molecule has 9 heteroatoms. The van der Waals surface area contributed by atoms with Gasteiger partial charge in [-0.1, -0.05) is 32.1 Å². The van der Waals surface area contributed by atoms with Crippen LogP contribution in [-0.2, 0) is 20.3 Å². The summed E-state index contributed by atoms with van der Waals surface area (Å²) in [7, 11) is -1.35. The largest absolute Gasteiger partial charge is 0.495 e. The number of halogens is 2. The zero-order chi connectivity index (χ0) is 23.9. The van der Waals surface area contributed by atoms with Crippen molar-refractivity contribution in [1.82, 2.24) is 4.90 Å². The topological polar surface area (TPSA) is 72.9 Å². The van der Waals surface area contributed by atoms with Gasteiger partial charge < -0.3 is 14.4 Å². The Morgan fingerprint density at radius 2 is 1.84 bits per heavy atom. The predicted molar refractivity (Wildman–Crippen MR) is 126 cm³/mol. The van der Waals surface area contributed by atoms with Crippen LogP contribution in [0.2, 0.25) is 0 Å². The molecule has 0 heterocycles. The Balaban J connectivity index is 2.50. The molecule has 0 aromatic heterocycles. The Bertz CT molecular complexity index is 1100. The molecule has 0 amide bonds. The lowest BCUT2D eigenvalue weighted by Gasteiger charge is -2.16. The minimum Gasteiger partial charge on any atom is -0.495 e. The minimum absolute atomic E-state index is 0.0209. The number of esters is 1. The second kappa shape index (κ2) is 11.6. The fourth-order valence-corrected chi connectivity index (χ4v) is 5.33. The van der Waals surface area contributed by atoms with Crippen molar-refractivity contribution < 1.29 is 27.1 Å². The van der Waals surface area contributed by atoms with Gasteiger partial charge in [0, 0.05) is 6.54 Å². The minimum atomic E-state index is -3.93. The van der Waals surface area contributed by atoms with Crippen LogP contribution in [-0.4, -0.2) is 53.1 Å². The lowest BCUT2D eigenvalue weighted by molar-refractivity contribution is 0.0596. The summed E-state index contributed by atoms with van der Waals surface area (Å²) in [5, 5.41) is 0. The van der Waals surface area contributed by atoms with Crippen LogP contribution in [0.5, 0.6) is 5.75 Å². The first-order valence-electron chi connectivity index (χ1n) is 10.0. The Labute approximate surface area is 197 Å². The molecular weight excluding hydrogens is 501 g/mol. The third-order valence-electron chi connectivity index (χ3n) is 5.00. The average Bonchev–Trinajstić information content (AvgIpc) is 2.76. The zero-order valence-corrected chi connectivity index (χ0v) is 20.9. The molecule has 32 heavy (non-hydrogen) atoms. The van der Waals surface area contributed by atoms with E-state index in [4.69, 9.17) is 9.47 Å². The van der Waals surface area contributed by atoms with Crippen LogP contribution < -0.4 is 4.74 Å². The molecule has 0 unspecified atom stereocenters.